The fraction of sp³-hybridized carbons (Fsp3) is 1.00. The highest BCUT2D eigenvalue weighted by atomic mass is 16.3. The summed E-state index contributed by atoms with van der Waals surface area (Å²) in [6, 6.07) is 0.575. The zero-order valence-corrected chi connectivity index (χ0v) is 9.26. The Hall–Kier alpha value is -0.0800. The van der Waals surface area contributed by atoms with Crippen molar-refractivity contribution in [1.29, 1.82) is 0 Å². The van der Waals surface area contributed by atoms with Gasteiger partial charge in [0.15, 0.2) is 0 Å². The molecule has 0 spiro atoms. The van der Waals surface area contributed by atoms with E-state index in [4.69, 9.17) is 0 Å². The van der Waals surface area contributed by atoms with Crippen molar-refractivity contribution in [2.45, 2.75) is 63.5 Å². The molecule has 2 rings (SSSR count). The van der Waals surface area contributed by atoms with Gasteiger partial charge in [0.05, 0.1) is 5.60 Å². The summed E-state index contributed by atoms with van der Waals surface area (Å²) < 4.78 is 0. The molecule has 0 bridgehead atoms. The van der Waals surface area contributed by atoms with Crippen LogP contribution in [-0.2, 0) is 0 Å². The standard InChI is InChI=1S/C12H23NO/c1-12(14,10-5-2-3-6-10)9-11-7-4-8-13-11/h10-11,13-14H,2-9H2,1H3. The van der Waals surface area contributed by atoms with Crippen molar-refractivity contribution >= 4 is 0 Å². The first-order valence-electron chi connectivity index (χ1n) is 6.14. The third kappa shape index (κ3) is 2.29. The molecule has 1 aliphatic carbocycles. The Balaban J connectivity index is 1.86. The minimum Gasteiger partial charge on any atom is -0.390 e. The maximum absolute atomic E-state index is 10.4. The van der Waals surface area contributed by atoms with E-state index >= 15 is 0 Å². The van der Waals surface area contributed by atoms with E-state index in [1.165, 1.54) is 38.5 Å². The molecule has 0 aromatic carbocycles. The number of hydrogen-bond donors (Lipinski definition) is 2. The topological polar surface area (TPSA) is 32.3 Å². The summed E-state index contributed by atoms with van der Waals surface area (Å²) in [6.45, 7) is 3.19. The summed E-state index contributed by atoms with van der Waals surface area (Å²) in [5, 5.41) is 13.9. The lowest BCUT2D eigenvalue weighted by molar-refractivity contribution is -0.0133. The molecule has 2 heteroatoms. The molecule has 1 heterocycles. The van der Waals surface area contributed by atoms with Crippen LogP contribution in [0.2, 0.25) is 0 Å². The molecule has 0 amide bonds. The highest BCUT2D eigenvalue weighted by Gasteiger charge is 2.36. The maximum Gasteiger partial charge on any atom is 0.0662 e. The van der Waals surface area contributed by atoms with Gasteiger partial charge in [-0.15, -0.1) is 0 Å². The molecule has 82 valence electrons. The van der Waals surface area contributed by atoms with Gasteiger partial charge in [0.25, 0.3) is 0 Å². The van der Waals surface area contributed by atoms with Crippen LogP contribution in [0.3, 0.4) is 0 Å². The van der Waals surface area contributed by atoms with E-state index in [9.17, 15) is 5.11 Å². The van der Waals surface area contributed by atoms with Crippen molar-refractivity contribution in [3.8, 4) is 0 Å². The normalized spacial score (nSPS) is 33.4. The molecule has 2 fully saturated rings. The largest absolute Gasteiger partial charge is 0.390 e. The van der Waals surface area contributed by atoms with E-state index in [1.807, 2.05) is 6.92 Å². The lowest BCUT2D eigenvalue weighted by Crippen LogP contribution is -2.39. The Morgan fingerprint density at radius 2 is 1.93 bits per heavy atom. The predicted octanol–water partition coefficient (Wildman–Crippen LogP) is 2.07. The lowest BCUT2D eigenvalue weighted by Gasteiger charge is -2.32. The minimum atomic E-state index is -0.418. The Morgan fingerprint density at radius 1 is 1.21 bits per heavy atom. The van der Waals surface area contributed by atoms with E-state index < -0.39 is 5.60 Å². The molecule has 1 aliphatic heterocycles. The minimum absolute atomic E-state index is 0.418. The zero-order valence-electron chi connectivity index (χ0n) is 9.26. The molecule has 0 aromatic rings. The third-order valence-electron chi connectivity index (χ3n) is 4.06. The summed E-state index contributed by atoms with van der Waals surface area (Å²) in [5.41, 5.74) is -0.418. The SMILES string of the molecule is CC(O)(CC1CCCN1)C1CCCC1. The molecule has 14 heavy (non-hydrogen) atoms. The van der Waals surface area contributed by atoms with E-state index in [1.54, 1.807) is 0 Å². The second kappa shape index (κ2) is 4.19. The van der Waals surface area contributed by atoms with Gasteiger partial charge in [0.1, 0.15) is 0 Å². The van der Waals surface area contributed by atoms with Crippen LogP contribution in [0.1, 0.15) is 51.9 Å². The number of aliphatic hydroxyl groups is 1. The van der Waals surface area contributed by atoms with Gasteiger partial charge in [-0.25, -0.2) is 0 Å². The molecule has 0 aromatic heterocycles. The Morgan fingerprint density at radius 3 is 2.50 bits per heavy atom. The van der Waals surface area contributed by atoms with Crippen LogP contribution in [0.25, 0.3) is 0 Å². The second-order valence-corrected chi connectivity index (χ2v) is 5.34. The van der Waals surface area contributed by atoms with Crippen LogP contribution in [-0.4, -0.2) is 23.3 Å². The average molecular weight is 197 g/mol. The van der Waals surface area contributed by atoms with Gasteiger partial charge in [-0.1, -0.05) is 12.8 Å². The summed E-state index contributed by atoms with van der Waals surface area (Å²) in [7, 11) is 0. The maximum atomic E-state index is 10.4. The van der Waals surface area contributed by atoms with Gasteiger partial charge in [-0.2, -0.15) is 0 Å². The molecule has 1 saturated carbocycles. The molecular formula is C12H23NO. The van der Waals surface area contributed by atoms with Crippen LogP contribution in [0.4, 0.5) is 0 Å². The molecular weight excluding hydrogens is 174 g/mol. The summed E-state index contributed by atoms with van der Waals surface area (Å²) in [4.78, 5) is 0. The van der Waals surface area contributed by atoms with Crippen LogP contribution < -0.4 is 5.32 Å². The van der Waals surface area contributed by atoms with Crippen LogP contribution in [0, 0.1) is 5.92 Å². The van der Waals surface area contributed by atoms with Gasteiger partial charge in [0, 0.05) is 6.04 Å². The van der Waals surface area contributed by atoms with Crippen LogP contribution in [0.5, 0.6) is 0 Å². The Bertz CT molecular complexity index is 179. The monoisotopic (exact) mass is 197 g/mol. The van der Waals surface area contributed by atoms with Gasteiger partial charge < -0.3 is 10.4 Å². The molecule has 0 radical (unpaired) electrons. The van der Waals surface area contributed by atoms with Crippen molar-refractivity contribution in [2.24, 2.45) is 5.92 Å². The molecule has 2 N–H and O–H groups in total. The van der Waals surface area contributed by atoms with E-state index in [0.29, 0.717) is 12.0 Å². The zero-order chi connectivity index (χ0) is 10.0. The lowest BCUT2D eigenvalue weighted by atomic mass is 9.82. The number of hydrogen-bond acceptors (Lipinski definition) is 2. The molecule has 2 aliphatic rings. The summed E-state index contributed by atoms with van der Waals surface area (Å²) in [5.74, 6) is 0.560. The van der Waals surface area contributed by atoms with Crippen molar-refractivity contribution in [2.75, 3.05) is 6.54 Å². The second-order valence-electron chi connectivity index (χ2n) is 5.34. The van der Waals surface area contributed by atoms with Gasteiger partial charge in [-0.3, -0.25) is 0 Å². The van der Waals surface area contributed by atoms with Gasteiger partial charge in [-0.05, 0) is 51.5 Å². The quantitative estimate of drug-likeness (QED) is 0.726. The summed E-state index contributed by atoms with van der Waals surface area (Å²) in [6.07, 6.45) is 8.60. The average Bonchev–Trinajstić information content (AvgIpc) is 2.71. The highest BCUT2D eigenvalue weighted by Crippen LogP contribution is 2.37. The first kappa shape index (κ1) is 10.4. The summed E-state index contributed by atoms with van der Waals surface area (Å²) >= 11 is 0. The Labute approximate surface area is 87.1 Å². The molecule has 2 unspecified atom stereocenters. The van der Waals surface area contributed by atoms with Gasteiger partial charge in [0.2, 0.25) is 0 Å². The molecule has 2 nitrogen and oxygen atoms in total. The van der Waals surface area contributed by atoms with E-state index in [-0.39, 0.29) is 0 Å². The van der Waals surface area contributed by atoms with Crippen molar-refractivity contribution < 1.29 is 5.11 Å². The van der Waals surface area contributed by atoms with E-state index in [2.05, 4.69) is 5.32 Å². The smallest absolute Gasteiger partial charge is 0.0662 e. The van der Waals surface area contributed by atoms with E-state index in [0.717, 1.165) is 13.0 Å². The highest BCUT2D eigenvalue weighted by molar-refractivity contribution is 4.90. The van der Waals surface area contributed by atoms with Crippen LogP contribution >= 0.6 is 0 Å². The number of nitrogens with one attached hydrogen (secondary N) is 1. The fourth-order valence-electron chi connectivity index (χ4n) is 3.14. The first-order valence-corrected chi connectivity index (χ1v) is 6.14. The Kier molecular flexibility index (Phi) is 3.13. The third-order valence-corrected chi connectivity index (χ3v) is 4.06. The fourth-order valence-corrected chi connectivity index (χ4v) is 3.14. The van der Waals surface area contributed by atoms with Crippen molar-refractivity contribution in [3.63, 3.8) is 0 Å². The molecule has 2 atom stereocenters. The predicted molar refractivity (Wildman–Crippen MR) is 58.2 cm³/mol. The van der Waals surface area contributed by atoms with Crippen molar-refractivity contribution in [3.05, 3.63) is 0 Å². The van der Waals surface area contributed by atoms with Crippen molar-refractivity contribution in [1.82, 2.24) is 5.32 Å². The molecule has 1 saturated heterocycles. The number of rotatable bonds is 3. The first-order chi connectivity index (χ1) is 6.68. The van der Waals surface area contributed by atoms with Gasteiger partial charge >= 0.3 is 0 Å². The van der Waals surface area contributed by atoms with Crippen LogP contribution in [0.15, 0.2) is 0 Å².